The molecule has 244 valence electrons. The number of nitrogens with one attached hydrogen (secondary N) is 3. The van der Waals surface area contributed by atoms with Crippen molar-refractivity contribution in [1.29, 1.82) is 0 Å². The molecular formula is C33H31F4N7O3. The minimum Gasteiger partial charge on any atom is -0.482 e. The largest absolute Gasteiger partial charge is 0.482 e. The number of hydrogen-bond donors (Lipinski definition) is 3. The Morgan fingerprint density at radius 3 is 2.36 bits per heavy atom. The Kier molecular flexibility index (Phi) is 10.00. The van der Waals surface area contributed by atoms with Crippen molar-refractivity contribution < 1.29 is 31.9 Å². The number of amides is 2. The van der Waals surface area contributed by atoms with E-state index in [1.165, 1.54) is 34.8 Å². The summed E-state index contributed by atoms with van der Waals surface area (Å²) in [5.74, 6) is -1.14. The van der Waals surface area contributed by atoms with Crippen LogP contribution in [0.2, 0.25) is 0 Å². The maximum absolute atomic E-state index is 13.1. The Morgan fingerprint density at radius 1 is 0.936 bits per heavy atom. The number of carbonyl (C=O) groups is 2. The summed E-state index contributed by atoms with van der Waals surface area (Å²) in [7, 11) is 3.70. The third-order valence-electron chi connectivity index (χ3n) is 6.84. The second-order valence-electron chi connectivity index (χ2n) is 10.9. The van der Waals surface area contributed by atoms with Gasteiger partial charge in [0.25, 0.3) is 5.91 Å². The highest BCUT2D eigenvalue weighted by atomic mass is 19.4. The molecule has 3 aromatic carbocycles. The zero-order chi connectivity index (χ0) is 33.6. The lowest BCUT2D eigenvalue weighted by molar-refractivity contribution is -0.153. The molecular weight excluding hydrogens is 618 g/mol. The molecule has 0 bridgehead atoms. The molecule has 3 N–H and O–H groups in total. The van der Waals surface area contributed by atoms with Crippen LogP contribution in [0, 0.1) is 5.82 Å². The summed E-state index contributed by atoms with van der Waals surface area (Å²) >= 11 is 0. The Labute approximate surface area is 267 Å². The van der Waals surface area contributed by atoms with Gasteiger partial charge in [0, 0.05) is 36.1 Å². The molecule has 0 saturated carbocycles. The Bertz CT molecular complexity index is 1860. The third kappa shape index (κ3) is 9.26. The molecule has 0 fully saturated rings. The highest BCUT2D eigenvalue weighted by Crippen LogP contribution is 2.30. The Morgan fingerprint density at radius 2 is 1.66 bits per heavy atom. The van der Waals surface area contributed by atoms with Crippen molar-refractivity contribution in [2.24, 2.45) is 0 Å². The molecule has 5 rings (SSSR count). The van der Waals surface area contributed by atoms with Crippen molar-refractivity contribution in [1.82, 2.24) is 24.8 Å². The lowest BCUT2D eigenvalue weighted by Crippen LogP contribution is -2.31. The highest BCUT2D eigenvalue weighted by Gasteiger charge is 2.29. The van der Waals surface area contributed by atoms with E-state index in [9.17, 15) is 27.2 Å². The van der Waals surface area contributed by atoms with Gasteiger partial charge in [0.15, 0.2) is 12.3 Å². The quantitative estimate of drug-likeness (QED) is 0.149. The second-order valence-corrected chi connectivity index (χ2v) is 10.9. The van der Waals surface area contributed by atoms with Crippen molar-refractivity contribution >= 4 is 34.8 Å². The fraction of sp³-hybridized carbons (Fsp3) is 0.212. The summed E-state index contributed by atoms with van der Waals surface area (Å²) in [6.45, 7) is -0.600. The molecule has 0 aliphatic rings. The molecule has 14 heteroatoms. The summed E-state index contributed by atoms with van der Waals surface area (Å²) < 4.78 is 58.7. The van der Waals surface area contributed by atoms with E-state index in [2.05, 4.69) is 26.0 Å². The van der Waals surface area contributed by atoms with Crippen LogP contribution in [0.1, 0.15) is 15.9 Å². The molecule has 0 unspecified atom stereocenters. The monoisotopic (exact) mass is 649 g/mol. The standard InChI is InChI=1S/C33H31F4N7O3/c1-43(2)16-15-38-31(46)23-7-13-27(28(18-23)47-20-33(35,36)37)40-32-41-29-14-8-24(19-44(29)42-32)22-5-11-26(12-6-22)39-30(45)17-21-3-9-25(34)10-4-21/h3-14,18-19H,15-17,20H2,1-2H3,(H,38,46)(H,39,45)(H,40,42). The normalized spacial score (nSPS) is 11.5. The molecule has 0 aliphatic carbocycles. The van der Waals surface area contributed by atoms with Crippen LogP contribution in [0.15, 0.2) is 85.1 Å². The van der Waals surface area contributed by atoms with Crippen LogP contribution < -0.4 is 20.7 Å². The summed E-state index contributed by atoms with van der Waals surface area (Å²) in [6, 6.07) is 20.6. The van der Waals surface area contributed by atoms with Crippen LogP contribution >= 0.6 is 0 Å². The van der Waals surface area contributed by atoms with Gasteiger partial charge in [-0.25, -0.2) is 8.91 Å². The van der Waals surface area contributed by atoms with Gasteiger partial charge < -0.3 is 25.6 Å². The van der Waals surface area contributed by atoms with Crippen LogP contribution in [-0.2, 0) is 11.2 Å². The maximum atomic E-state index is 13.1. The molecule has 0 spiro atoms. The minimum atomic E-state index is -4.59. The van der Waals surface area contributed by atoms with Gasteiger partial charge in [-0.1, -0.05) is 24.3 Å². The van der Waals surface area contributed by atoms with Crippen molar-refractivity contribution in [3.05, 3.63) is 102 Å². The van der Waals surface area contributed by atoms with E-state index >= 15 is 0 Å². The molecule has 0 atom stereocenters. The Balaban J connectivity index is 1.28. The zero-order valence-corrected chi connectivity index (χ0v) is 25.4. The van der Waals surface area contributed by atoms with E-state index in [1.807, 2.05) is 37.2 Å². The first-order valence-corrected chi connectivity index (χ1v) is 14.5. The van der Waals surface area contributed by atoms with Gasteiger partial charge in [-0.15, -0.1) is 5.10 Å². The zero-order valence-electron chi connectivity index (χ0n) is 25.4. The van der Waals surface area contributed by atoms with Crippen molar-refractivity contribution in [2.45, 2.75) is 12.6 Å². The smallest absolute Gasteiger partial charge is 0.422 e. The number of fused-ring (bicyclic) bond motifs is 1. The number of nitrogens with zero attached hydrogens (tertiary/aromatic N) is 4. The number of rotatable bonds is 12. The van der Waals surface area contributed by atoms with Gasteiger partial charge in [0.2, 0.25) is 11.9 Å². The van der Waals surface area contributed by atoms with Gasteiger partial charge in [-0.05, 0) is 79.8 Å². The predicted molar refractivity (Wildman–Crippen MR) is 169 cm³/mol. The molecule has 47 heavy (non-hydrogen) atoms. The molecule has 2 amide bonds. The predicted octanol–water partition coefficient (Wildman–Crippen LogP) is 5.69. The van der Waals surface area contributed by atoms with E-state index in [1.54, 1.807) is 36.5 Å². The van der Waals surface area contributed by atoms with Crippen LogP contribution in [0.25, 0.3) is 16.8 Å². The molecule has 0 aliphatic heterocycles. The summed E-state index contributed by atoms with van der Waals surface area (Å²) in [5.41, 5.74) is 3.65. The topological polar surface area (TPSA) is 113 Å². The van der Waals surface area contributed by atoms with Gasteiger partial charge in [0.1, 0.15) is 11.6 Å². The number of ether oxygens (including phenoxy) is 1. The number of benzene rings is 3. The first-order chi connectivity index (χ1) is 22.4. The summed E-state index contributed by atoms with van der Waals surface area (Å²) in [5, 5.41) is 12.8. The average molecular weight is 650 g/mol. The van der Waals surface area contributed by atoms with Crippen LogP contribution in [0.3, 0.4) is 0 Å². The Hall–Kier alpha value is -5.50. The number of halogens is 4. The number of hydrogen-bond acceptors (Lipinski definition) is 7. The number of anilines is 3. The number of likely N-dealkylation sites (N-methyl/N-ethyl adjacent to an activating group) is 1. The van der Waals surface area contributed by atoms with Crippen molar-refractivity contribution in [2.75, 3.05) is 44.4 Å². The van der Waals surface area contributed by atoms with E-state index in [0.29, 0.717) is 30.0 Å². The number of alkyl halides is 3. The van der Waals surface area contributed by atoms with Crippen LogP contribution in [0.5, 0.6) is 5.75 Å². The van der Waals surface area contributed by atoms with Gasteiger partial charge in [0.05, 0.1) is 12.1 Å². The van der Waals surface area contributed by atoms with E-state index < -0.39 is 18.7 Å². The van der Waals surface area contributed by atoms with Gasteiger partial charge in [-0.2, -0.15) is 18.2 Å². The third-order valence-corrected chi connectivity index (χ3v) is 6.84. The van der Waals surface area contributed by atoms with Crippen molar-refractivity contribution in [3.63, 3.8) is 0 Å². The summed E-state index contributed by atoms with van der Waals surface area (Å²) in [6.07, 6.45) is -2.75. The minimum absolute atomic E-state index is 0.0985. The first-order valence-electron chi connectivity index (χ1n) is 14.5. The maximum Gasteiger partial charge on any atom is 0.422 e. The number of carbonyl (C=O) groups excluding carboxylic acids is 2. The number of pyridine rings is 1. The second kappa shape index (κ2) is 14.3. The SMILES string of the molecule is CN(C)CCNC(=O)c1ccc(Nc2nc3ccc(-c4ccc(NC(=O)Cc5ccc(F)cc5)cc4)cn3n2)c(OCC(F)(F)F)c1. The van der Waals surface area contributed by atoms with Gasteiger partial charge >= 0.3 is 6.18 Å². The molecule has 5 aromatic rings. The molecule has 0 saturated heterocycles. The fourth-order valence-electron chi connectivity index (χ4n) is 4.51. The molecule has 2 aromatic heterocycles. The lowest BCUT2D eigenvalue weighted by Gasteiger charge is -2.15. The molecule has 2 heterocycles. The molecule has 10 nitrogen and oxygen atoms in total. The van der Waals surface area contributed by atoms with Crippen LogP contribution in [-0.4, -0.2) is 71.3 Å². The fourth-order valence-corrected chi connectivity index (χ4v) is 4.51. The van der Waals surface area contributed by atoms with Crippen molar-refractivity contribution in [3.8, 4) is 16.9 Å². The van der Waals surface area contributed by atoms with Crippen LogP contribution in [0.4, 0.5) is 34.9 Å². The molecule has 0 radical (unpaired) electrons. The van der Waals surface area contributed by atoms with E-state index in [-0.39, 0.29) is 41.1 Å². The first kappa shape index (κ1) is 32.9. The lowest BCUT2D eigenvalue weighted by atomic mass is 10.1. The van der Waals surface area contributed by atoms with Gasteiger partial charge in [-0.3, -0.25) is 9.59 Å². The van der Waals surface area contributed by atoms with E-state index in [0.717, 1.165) is 11.1 Å². The highest BCUT2D eigenvalue weighted by molar-refractivity contribution is 5.95. The summed E-state index contributed by atoms with van der Waals surface area (Å²) in [4.78, 5) is 31.3. The average Bonchev–Trinajstić information content (AvgIpc) is 3.43. The number of aromatic nitrogens is 3. The van der Waals surface area contributed by atoms with E-state index in [4.69, 9.17) is 4.74 Å².